The van der Waals surface area contributed by atoms with E-state index in [9.17, 15) is 22.8 Å². The van der Waals surface area contributed by atoms with Gasteiger partial charge in [0.1, 0.15) is 5.75 Å². The molecule has 1 aliphatic rings. The molecular weight excluding hydrogens is 337 g/mol. The number of piperazine rings is 1. The Hall–Kier alpha value is -2.25. The van der Waals surface area contributed by atoms with Gasteiger partial charge in [0.25, 0.3) is 5.91 Å². The monoisotopic (exact) mass is 358 g/mol. The largest absolute Gasteiger partial charge is 0.573 e. The van der Waals surface area contributed by atoms with Gasteiger partial charge in [0.05, 0.1) is 0 Å². The average Bonchev–Trinajstić information content (AvgIpc) is 2.52. The van der Waals surface area contributed by atoms with E-state index in [1.165, 1.54) is 12.1 Å². The van der Waals surface area contributed by atoms with Gasteiger partial charge in [-0.15, -0.1) is 13.2 Å². The number of rotatable bonds is 2. The molecule has 5 nitrogen and oxygen atoms in total. The number of hydrogen-bond donors (Lipinski definition) is 0. The van der Waals surface area contributed by atoms with Crippen molar-refractivity contribution in [2.45, 2.75) is 27.1 Å². The van der Waals surface area contributed by atoms with Gasteiger partial charge >= 0.3 is 6.36 Å². The van der Waals surface area contributed by atoms with E-state index >= 15 is 0 Å². The van der Waals surface area contributed by atoms with Crippen LogP contribution in [0.25, 0.3) is 0 Å². The molecule has 2 amide bonds. The number of ether oxygens (including phenoxy) is 1. The molecule has 138 valence electrons. The Labute approximate surface area is 144 Å². The molecule has 0 radical (unpaired) electrons. The SMILES string of the molecule is CC(C)(C)C(=O)N1CCN(C(=O)c2ccc(OC(F)(F)F)cc2)CC1. The highest BCUT2D eigenvalue weighted by Crippen LogP contribution is 2.23. The lowest BCUT2D eigenvalue weighted by molar-refractivity contribution is -0.274. The van der Waals surface area contributed by atoms with Crippen molar-refractivity contribution in [3.63, 3.8) is 0 Å². The molecule has 0 N–H and O–H groups in total. The molecule has 25 heavy (non-hydrogen) atoms. The van der Waals surface area contributed by atoms with Crippen molar-refractivity contribution >= 4 is 11.8 Å². The van der Waals surface area contributed by atoms with E-state index in [0.717, 1.165) is 12.1 Å². The summed E-state index contributed by atoms with van der Waals surface area (Å²) in [5, 5.41) is 0. The second-order valence-electron chi connectivity index (χ2n) is 6.91. The summed E-state index contributed by atoms with van der Waals surface area (Å²) in [6.07, 6.45) is -4.76. The number of hydrogen-bond acceptors (Lipinski definition) is 3. The molecule has 0 spiro atoms. The van der Waals surface area contributed by atoms with Gasteiger partial charge in [-0.25, -0.2) is 0 Å². The predicted octanol–water partition coefficient (Wildman–Crippen LogP) is 2.92. The number of alkyl halides is 3. The highest BCUT2D eigenvalue weighted by Gasteiger charge is 2.32. The van der Waals surface area contributed by atoms with E-state index in [-0.39, 0.29) is 23.1 Å². The molecule has 0 aliphatic carbocycles. The number of benzene rings is 1. The van der Waals surface area contributed by atoms with E-state index in [2.05, 4.69) is 4.74 Å². The van der Waals surface area contributed by atoms with Gasteiger partial charge in [0.2, 0.25) is 5.91 Å². The summed E-state index contributed by atoms with van der Waals surface area (Å²) in [6, 6.07) is 4.83. The summed E-state index contributed by atoms with van der Waals surface area (Å²) < 4.78 is 40.2. The third-order valence-corrected chi connectivity index (χ3v) is 3.83. The molecule has 1 saturated heterocycles. The van der Waals surface area contributed by atoms with Crippen molar-refractivity contribution < 1.29 is 27.5 Å². The van der Waals surface area contributed by atoms with Crippen LogP contribution in [0.3, 0.4) is 0 Å². The Morgan fingerprint density at radius 1 is 0.920 bits per heavy atom. The van der Waals surface area contributed by atoms with Crippen LogP contribution in [-0.2, 0) is 4.79 Å². The molecule has 0 aromatic heterocycles. The molecule has 1 fully saturated rings. The van der Waals surface area contributed by atoms with Gasteiger partial charge in [-0.3, -0.25) is 9.59 Å². The molecule has 0 bridgehead atoms. The highest BCUT2D eigenvalue weighted by atomic mass is 19.4. The fraction of sp³-hybridized carbons (Fsp3) is 0.529. The van der Waals surface area contributed by atoms with Crippen molar-refractivity contribution in [2.24, 2.45) is 5.41 Å². The quantitative estimate of drug-likeness (QED) is 0.817. The van der Waals surface area contributed by atoms with Crippen LogP contribution in [-0.4, -0.2) is 54.2 Å². The minimum Gasteiger partial charge on any atom is -0.406 e. The Bertz CT molecular complexity index is 628. The van der Waals surface area contributed by atoms with E-state index in [0.29, 0.717) is 26.2 Å². The predicted molar refractivity (Wildman–Crippen MR) is 85.1 cm³/mol. The first-order valence-corrected chi connectivity index (χ1v) is 7.92. The molecule has 0 atom stereocenters. The van der Waals surface area contributed by atoms with Crippen LogP contribution in [0, 0.1) is 5.41 Å². The fourth-order valence-electron chi connectivity index (χ4n) is 2.57. The van der Waals surface area contributed by atoms with Crippen LogP contribution in [0.2, 0.25) is 0 Å². The zero-order valence-electron chi connectivity index (χ0n) is 14.4. The smallest absolute Gasteiger partial charge is 0.406 e. The van der Waals surface area contributed by atoms with Crippen molar-refractivity contribution in [1.82, 2.24) is 9.80 Å². The van der Waals surface area contributed by atoms with Gasteiger partial charge < -0.3 is 14.5 Å². The zero-order valence-corrected chi connectivity index (χ0v) is 14.4. The van der Waals surface area contributed by atoms with E-state index in [4.69, 9.17) is 0 Å². The molecule has 1 aromatic carbocycles. The molecule has 2 rings (SSSR count). The van der Waals surface area contributed by atoms with E-state index < -0.39 is 11.8 Å². The normalized spacial score (nSPS) is 15.9. The van der Waals surface area contributed by atoms with Crippen LogP contribution in [0.15, 0.2) is 24.3 Å². The van der Waals surface area contributed by atoms with Gasteiger partial charge in [-0.2, -0.15) is 0 Å². The summed E-state index contributed by atoms with van der Waals surface area (Å²) in [5.41, 5.74) is -0.189. The molecule has 8 heteroatoms. The van der Waals surface area contributed by atoms with Crippen LogP contribution < -0.4 is 4.74 Å². The Kier molecular flexibility index (Phi) is 5.29. The molecule has 1 heterocycles. The molecular formula is C17H21F3N2O3. The van der Waals surface area contributed by atoms with Crippen LogP contribution in [0.4, 0.5) is 13.2 Å². The Morgan fingerprint density at radius 3 is 1.84 bits per heavy atom. The number of nitrogens with zero attached hydrogens (tertiary/aromatic N) is 2. The van der Waals surface area contributed by atoms with Gasteiger partial charge in [-0.05, 0) is 24.3 Å². The van der Waals surface area contributed by atoms with Gasteiger partial charge in [0.15, 0.2) is 0 Å². The number of amides is 2. The van der Waals surface area contributed by atoms with E-state index in [1.807, 2.05) is 20.8 Å². The third-order valence-electron chi connectivity index (χ3n) is 3.83. The Morgan fingerprint density at radius 2 is 1.40 bits per heavy atom. The summed E-state index contributed by atoms with van der Waals surface area (Å²) >= 11 is 0. The lowest BCUT2D eigenvalue weighted by Crippen LogP contribution is -2.53. The molecule has 0 saturated carbocycles. The lowest BCUT2D eigenvalue weighted by Gasteiger charge is -2.37. The fourth-order valence-corrected chi connectivity index (χ4v) is 2.57. The first kappa shape index (κ1) is 19.1. The maximum absolute atomic E-state index is 12.4. The summed E-state index contributed by atoms with van der Waals surface area (Å²) in [4.78, 5) is 28.0. The first-order valence-electron chi connectivity index (χ1n) is 7.92. The minimum atomic E-state index is -4.76. The summed E-state index contributed by atoms with van der Waals surface area (Å²) in [7, 11) is 0. The van der Waals surface area contributed by atoms with Crippen molar-refractivity contribution in [1.29, 1.82) is 0 Å². The van der Waals surface area contributed by atoms with Crippen LogP contribution in [0.5, 0.6) is 5.75 Å². The van der Waals surface area contributed by atoms with Crippen molar-refractivity contribution in [2.75, 3.05) is 26.2 Å². The van der Waals surface area contributed by atoms with Crippen molar-refractivity contribution in [3.05, 3.63) is 29.8 Å². The molecule has 1 aliphatic heterocycles. The molecule has 1 aromatic rings. The van der Waals surface area contributed by atoms with Crippen LogP contribution >= 0.6 is 0 Å². The summed E-state index contributed by atoms with van der Waals surface area (Å²) in [6.45, 7) is 7.20. The number of carbonyl (C=O) groups excluding carboxylic acids is 2. The lowest BCUT2D eigenvalue weighted by atomic mass is 9.94. The van der Waals surface area contributed by atoms with Gasteiger partial charge in [0, 0.05) is 37.2 Å². The maximum atomic E-state index is 12.4. The molecule has 0 unspecified atom stereocenters. The van der Waals surface area contributed by atoms with Crippen molar-refractivity contribution in [3.8, 4) is 5.75 Å². The number of carbonyl (C=O) groups is 2. The standard InChI is InChI=1S/C17H21F3N2O3/c1-16(2,3)15(24)22-10-8-21(9-11-22)14(23)12-4-6-13(7-5-12)25-17(18,19)20/h4-7H,8-11H2,1-3H3. The Balaban J connectivity index is 1.95. The van der Waals surface area contributed by atoms with E-state index in [1.54, 1.807) is 9.80 Å². The van der Waals surface area contributed by atoms with Crippen LogP contribution in [0.1, 0.15) is 31.1 Å². The topological polar surface area (TPSA) is 49.9 Å². The second kappa shape index (κ2) is 6.93. The summed E-state index contributed by atoms with van der Waals surface area (Å²) in [5.74, 6) is -0.612. The second-order valence-corrected chi connectivity index (χ2v) is 6.91. The maximum Gasteiger partial charge on any atom is 0.573 e. The average molecular weight is 358 g/mol. The zero-order chi connectivity index (χ0) is 18.8. The minimum absolute atomic E-state index is 0.0354. The number of halogens is 3. The first-order chi connectivity index (χ1) is 11.5. The third kappa shape index (κ3) is 5.11. The highest BCUT2D eigenvalue weighted by molar-refractivity contribution is 5.94. The van der Waals surface area contributed by atoms with Gasteiger partial charge in [-0.1, -0.05) is 20.8 Å².